The summed E-state index contributed by atoms with van der Waals surface area (Å²) in [6.45, 7) is 6.84. The Kier molecular flexibility index (Phi) is 6.80. The van der Waals surface area contributed by atoms with Crippen molar-refractivity contribution >= 4 is 12.0 Å². The van der Waals surface area contributed by atoms with Crippen LogP contribution in [0, 0.1) is 5.92 Å². The third kappa shape index (κ3) is 5.84. The number of ether oxygens (including phenoxy) is 1. The molecule has 1 fully saturated rings. The Morgan fingerprint density at radius 3 is 2.43 bits per heavy atom. The van der Waals surface area contributed by atoms with Crippen LogP contribution in [0.25, 0.3) is 0 Å². The third-order valence-corrected chi connectivity index (χ3v) is 5.30. The SMILES string of the molecule is Cn1ccnc1C(NC(=O)CC1CCN(C(=O)OC(C)(C)C)CC1)c1ccccc1. The highest BCUT2D eigenvalue weighted by atomic mass is 16.6. The lowest BCUT2D eigenvalue weighted by Gasteiger charge is -2.33. The van der Waals surface area contributed by atoms with Gasteiger partial charge in [-0.25, -0.2) is 9.78 Å². The standard InChI is InChI=1S/C23H32N4O3/c1-23(2,3)30-22(29)27-13-10-17(11-14-27)16-19(28)25-20(18-8-6-5-7-9-18)21-24-12-15-26(21)4/h5-9,12,15,17,20H,10-11,13-14,16H2,1-4H3,(H,25,28). The van der Waals surface area contributed by atoms with Crippen molar-refractivity contribution in [1.82, 2.24) is 19.8 Å². The lowest BCUT2D eigenvalue weighted by molar-refractivity contribution is -0.122. The Morgan fingerprint density at radius 1 is 1.20 bits per heavy atom. The second-order valence-corrected chi connectivity index (χ2v) is 8.92. The average molecular weight is 413 g/mol. The zero-order valence-corrected chi connectivity index (χ0v) is 18.3. The first kappa shape index (κ1) is 21.9. The lowest BCUT2D eigenvalue weighted by Crippen LogP contribution is -2.42. The monoisotopic (exact) mass is 412 g/mol. The van der Waals surface area contributed by atoms with Gasteiger partial charge in [-0.2, -0.15) is 0 Å². The number of nitrogens with one attached hydrogen (secondary N) is 1. The molecule has 0 radical (unpaired) electrons. The van der Waals surface area contributed by atoms with Gasteiger partial charge >= 0.3 is 6.09 Å². The summed E-state index contributed by atoms with van der Waals surface area (Å²) >= 11 is 0. The van der Waals surface area contributed by atoms with Gasteiger partial charge in [-0.15, -0.1) is 0 Å². The van der Waals surface area contributed by atoms with E-state index in [0.717, 1.165) is 24.2 Å². The van der Waals surface area contributed by atoms with Gasteiger partial charge in [0.15, 0.2) is 0 Å². The molecule has 30 heavy (non-hydrogen) atoms. The van der Waals surface area contributed by atoms with Gasteiger partial charge in [0.05, 0.1) is 0 Å². The van der Waals surface area contributed by atoms with Crippen molar-refractivity contribution in [3.05, 3.63) is 54.1 Å². The highest BCUT2D eigenvalue weighted by Gasteiger charge is 2.29. The summed E-state index contributed by atoms with van der Waals surface area (Å²) in [7, 11) is 1.93. The van der Waals surface area contributed by atoms with Crippen LogP contribution in [0.4, 0.5) is 4.79 Å². The topological polar surface area (TPSA) is 76.5 Å². The molecule has 1 unspecified atom stereocenters. The summed E-state index contributed by atoms with van der Waals surface area (Å²) in [5.74, 6) is 1.05. The number of aryl methyl sites for hydroxylation is 1. The predicted octanol–water partition coefficient (Wildman–Crippen LogP) is 3.66. The fourth-order valence-electron chi connectivity index (χ4n) is 3.73. The number of piperidine rings is 1. The largest absolute Gasteiger partial charge is 0.444 e. The van der Waals surface area contributed by atoms with E-state index in [1.165, 1.54) is 0 Å². The first-order chi connectivity index (χ1) is 14.2. The third-order valence-electron chi connectivity index (χ3n) is 5.30. The number of nitrogens with zero attached hydrogens (tertiary/aromatic N) is 3. The Bertz CT molecular complexity index is 849. The number of benzene rings is 1. The molecular weight excluding hydrogens is 380 g/mol. The Labute approximate surface area is 178 Å². The van der Waals surface area contributed by atoms with Crippen LogP contribution in [-0.4, -0.2) is 45.1 Å². The minimum Gasteiger partial charge on any atom is -0.444 e. The van der Waals surface area contributed by atoms with Gasteiger partial charge in [0.1, 0.15) is 17.5 Å². The number of hydrogen-bond donors (Lipinski definition) is 1. The van der Waals surface area contributed by atoms with Crippen LogP contribution in [0.1, 0.15) is 57.5 Å². The number of rotatable bonds is 5. The number of likely N-dealkylation sites (tertiary alicyclic amines) is 1. The van der Waals surface area contributed by atoms with Crippen molar-refractivity contribution in [2.75, 3.05) is 13.1 Å². The Hall–Kier alpha value is -2.83. The van der Waals surface area contributed by atoms with E-state index in [2.05, 4.69) is 10.3 Å². The van der Waals surface area contributed by atoms with Crippen molar-refractivity contribution in [3.8, 4) is 0 Å². The maximum atomic E-state index is 12.9. The van der Waals surface area contributed by atoms with Crippen LogP contribution in [-0.2, 0) is 16.6 Å². The lowest BCUT2D eigenvalue weighted by atomic mass is 9.93. The molecule has 2 amide bonds. The van der Waals surface area contributed by atoms with Crippen molar-refractivity contribution in [2.24, 2.45) is 13.0 Å². The molecule has 0 spiro atoms. The second-order valence-electron chi connectivity index (χ2n) is 8.92. The molecule has 162 valence electrons. The van der Waals surface area contributed by atoms with E-state index < -0.39 is 5.60 Å². The van der Waals surface area contributed by atoms with Crippen LogP contribution < -0.4 is 5.32 Å². The Balaban J connectivity index is 1.57. The summed E-state index contributed by atoms with van der Waals surface area (Å²) in [4.78, 5) is 31.3. The number of carbonyl (C=O) groups excluding carboxylic acids is 2. The van der Waals surface area contributed by atoms with Gasteiger partial charge in [0, 0.05) is 39.0 Å². The van der Waals surface area contributed by atoms with Gasteiger partial charge in [-0.05, 0) is 45.1 Å². The molecule has 1 saturated heterocycles. The smallest absolute Gasteiger partial charge is 0.410 e. The molecule has 2 heterocycles. The van der Waals surface area contributed by atoms with E-state index in [1.54, 1.807) is 11.1 Å². The van der Waals surface area contributed by atoms with E-state index in [0.29, 0.717) is 19.5 Å². The summed E-state index contributed by atoms with van der Waals surface area (Å²) < 4.78 is 7.37. The maximum absolute atomic E-state index is 12.9. The highest BCUT2D eigenvalue weighted by Crippen LogP contribution is 2.24. The van der Waals surface area contributed by atoms with Crippen LogP contribution in [0.3, 0.4) is 0 Å². The zero-order valence-electron chi connectivity index (χ0n) is 18.3. The zero-order chi connectivity index (χ0) is 21.7. The van der Waals surface area contributed by atoms with E-state index in [1.807, 2.05) is 68.9 Å². The van der Waals surface area contributed by atoms with E-state index in [4.69, 9.17) is 4.74 Å². The molecular formula is C23H32N4O3. The summed E-state index contributed by atoms with van der Waals surface area (Å²) in [6.07, 6.45) is 5.38. The van der Waals surface area contributed by atoms with Crippen LogP contribution >= 0.6 is 0 Å². The van der Waals surface area contributed by atoms with E-state index in [-0.39, 0.29) is 24.0 Å². The van der Waals surface area contributed by atoms with Gasteiger partial charge in [0.2, 0.25) is 5.91 Å². The minimum atomic E-state index is -0.495. The molecule has 1 N–H and O–H groups in total. The molecule has 1 aromatic heterocycles. The van der Waals surface area contributed by atoms with Gasteiger partial charge < -0.3 is 19.5 Å². The van der Waals surface area contributed by atoms with E-state index in [9.17, 15) is 9.59 Å². The van der Waals surface area contributed by atoms with Crippen molar-refractivity contribution in [3.63, 3.8) is 0 Å². The Morgan fingerprint density at radius 2 is 1.87 bits per heavy atom. The van der Waals surface area contributed by atoms with Crippen LogP contribution in [0.2, 0.25) is 0 Å². The molecule has 3 rings (SSSR count). The van der Waals surface area contributed by atoms with Crippen LogP contribution in [0.15, 0.2) is 42.7 Å². The number of aromatic nitrogens is 2. The van der Waals surface area contributed by atoms with Crippen molar-refractivity contribution in [1.29, 1.82) is 0 Å². The summed E-state index contributed by atoms with van der Waals surface area (Å²) in [5, 5.41) is 3.16. The van der Waals surface area contributed by atoms with Gasteiger partial charge in [-0.1, -0.05) is 30.3 Å². The van der Waals surface area contributed by atoms with Gasteiger partial charge in [-0.3, -0.25) is 4.79 Å². The van der Waals surface area contributed by atoms with Gasteiger partial charge in [0.25, 0.3) is 0 Å². The fourth-order valence-corrected chi connectivity index (χ4v) is 3.73. The molecule has 1 aliphatic rings. The molecule has 2 aromatic rings. The first-order valence-electron chi connectivity index (χ1n) is 10.5. The molecule has 0 bridgehead atoms. The number of imidazole rings is 1. The van der Waals surface area contributed by atoms with Crippen molar-refractivity contribution in [2.45, 2.75) is 51.7 Å². The minimum absolute atomic E-state index is 0.00238. The number of carbonyl (C=O) groups is 2. The molecule has 7 nitrogen and oxygen atoms in total. The fraction of sp³-hybridized carbons (Fsp3) is 0.522. The molecule has 1 aromatic carbocycles. The predicted molar refractivity (Wildman–Crippen MR) is 115 cm³/mol. The molecule has 7 heteroatoms. The van der Waals surface area contributed by atoms with E-state index >= 15 is 0 Å². The first-order valence-corrected chi connectivity index (χ1v) is 10.5. The summed E-state index contributed by atoms with van der Waals surface area (Å²) in [5.41, 5.74) is 0.505. The quantitative estimate of drug-likeness (QED) is 0.813. The van der Waals surface area contributed by atoms with Crippen LogP contribution in [0.5, 0.6) is 0 Å². The molecule has 1 aliphatic heterocycles. The molecule has 0 aliphatic carbocycles. The molecule has 1 atom stereocenters. The average Bonchev–Trinajstić information content (AvgIpc) is 3.11. The number of amides is 2. The summed E-state index contributed by atoms with van der Waals surface area (Å²) in [6, 6.07) is 9.59. The molecule has 0 saturated carbocycles. The maximum Gasteiger partial charge on any atom is 0.410 e. The second kappa shape index (κ2) is 9.32. The highest BCUT2D eigenvalue weighted by molar-refractivity contribution is 5.77. The van der Waals surface area contributed by atoms with Crippen molar-refractivity contribution < 1.29 is 14.3 Å². The number of hydrogen-bond acceptors (Lipinski definition) is 4. The normalized spacial score (nSPS) is 16.2.